The van der Waals surface area contributed by atoms with E-state index in [1.54, 1.807) is 38.5 Å². The predicted octanol–water partition coefficient (Wildman–Crippen LogP) is 10.2. The van der Waals surface area contributed by atoms with Crippen LogP contribution in [0.5, 0.6) is 11.5 Å². The van der Waals surface area contributed by atoms with Crippen LogP contribution in [0.1, 0.15) is 56.9 Å². The van der Waals surface area contributed by atoms with E-state index in [1.807, 2.05) is 48.5 Å². The van der Waals surface area contributed by atoms with Crippen molar-refractivity contribution in [2.75, 3.05) is 27.3 Å². The number of hydrogen-bond donors (Lipinski definition) is 2. The summed E-state index contributed by atoms with van der Waals surface area (Å²) in [5.74, 6) is 0.981. The van der Waals surface area contributed by atoms with Gasteiger partial charge in [-0.05, 0) is 129 Å². The van der Waals surface area contributed by atoms with E-state index >= 15 is 0 Å². The second-order valence-electron chi connectivity index (χ2n) is 13.9. The lowest BCUT2D eigenvalue weighted by Crippen LogP contribution is -2.41. The zero-order valence-electron chi connectivity index (χ0n) is 32.6. The van der Waals surface area contributed by atoms with E-state index in [2.05, 4.69) is 63.5 Å². The van der Waals surface area contributed by atoms with Gasteiger partial charge in [-0.3, -0.25) is 24.1 Å². The highest BCUT2D eigenvalue weighted by Gasteiger charge is 2.33. The van der Waals surface area contributed by atoms with E-state index in [-0.39, 0.29) is 34.6 Å². The van der Waals surface area contributed by atoms with Crippen molar-refractivity contribution in [3.63, 3.8) is 0 Å². The van der Waals surface area contributed by atoms with Crippen LogP contribution in [0.4, 0.5) is 8.78 Å². The molecule has 0 amide bonds. The van der Waals surface area contributed by atoms with E-state index in [4.69, 9.17) is 32.7 Å². The van der Waals surface area contributed by atoms with Crippen LogP contribution in [-0.4, -0.2) is 57.0 Å². The molecule has 8 rings (SSSR count). The third-order valence-electron chi connectivity index (χ3n) is 10.1. The standard InChI is InChI=1S/C21H18Cl2FN3O.C21H20FN3O3.Cl3OP/c1-28-16-8-2-13(3-9-16)12-27-11-10-17-18(25-21(23)26-20(17)22)19(27)14-4-6-15(24)7-5-14;1-28-16-8-2-13(3-9-16)12-25-11-10-17-18(23-21(27)24-20(17)26)19(25)14-4-6-15(22)7-5-14;1-5(2,3)4/h2-9,19H,10-12H2,1H3;2-9,19H,10-12H2,1H3,(H2,23,24,26,27);. The maximum absolute atomic E-state index is 13.5. The maximum atomic E-state index is 13.5. The minimum atomic E-state index is -3.22. The molecule has 2 aliphatic rings. The summed E-state index contributed by atoms with van der Waals surface area (Å²) < 4.78 is 46.9. The molecular formula is C42H38Cl5F2N6O5P. The van der Waals surface area contributed by atoms with Crippen molar-refractivity contribution >= 4 is 62.1 Å². The molecule has 2 N–H and O–H groups in total. The van der Waals surface area contributed by atoms with Crippen molar-refractivity contribution in [2.24, 2.45) is 0 Å². The van der Waals surface area contributed by atoms with Crippen molar-refractivity contribution in [1.82, 2.24) is 29.7 Å². The molecule has 61 heavy (non-hydrogen) atoms. The Labute approximate surface area is 374 Å². The molecule has 2 atom stereocenters. The van der Waals surface area contributed by atoms with Gasteiger partial charge in [-0.1, -0.05) is 60.1 Å². The molecule has 4 aromatic carbocycles. The SMILES string of the molecule is COc1ccc(CN2CCc3c(Cl)nc(Cl)nc3C2c2ccc(F)cc2)cc1.COc1ccc(CN2CCc3c([nH]c(=O)[nH]c3=O)C2c2ccc(F)cc2)cc1.O=P(Cl)(Cl)Cl. The molecule has 0 bridgehead atoms. The number of aromatic nitrogens is 4. The van der Waals surface area contributed by atoms with Gasteiger partial charge in [0, 0.05) is 43.0 Å². The highest BCUT2D eigenvalue weighted by molar-refractivity contribution is 8.24. The summed E-state index contributed by atoms with van der Waals surface area (Å²) in [7, 11) is 3.27. The van der Waals surface area contributed by atoms with Crippen LogP contribution in [0, 0.1) is 11.6 Å². The van der Waals surface area contributed by atoms with Crippen LogP contribution in [0.2, 0.25) is 10.4 Å². The van der Waals surface area contributed by atoms with Gasteiger partial charge in [0.25, 0.3) is 5.56 Å². The van der Waals surface area contributed by atoms with E-state index in [9.17, 15) is 22.9 Å². The van der Waals surface area contributed by atoms with Gasteiger partial charge in [0.2, 0.25) is 5.28 Å². The van der Waals surface area contributed by atoms with E-state index in [0.29, 0.717) is 42.5 Å². The Morgan fingerprint density at radius 3 is 1.59 bits per heavy atom. The zero-order chi connectivity index (χ0) is 43.8. The average Bonchev–Trinajstić information content (AvgIpc) is 3.21. The summed E-state index contributed by atoms with van der Waals surface area (Å²) in [5, 5.41) is -2.73. The molecular weight excluding hydrogens is 915 g/mol. The van der Waals surface area contributed by atoms with Gasteiger partial charge >= 0.3 is 10.9 Å². The Hall–Kier alpha value is -4.30. The number of benzene rings is 4. The Morgan fingerprint density at radius 1 is 0.672 bits per heavy atom. The predicted molar refractivity (Wildman–Crippen MR) is 236 cm³/mol. The quantitative estimate of drug-likeness (QED) is 0.0869. The Bertz CT molecular complexity index is 2590. The summed E-state index contributed by atoms with van der Waals surface area (Å²) in [6.45, 7) is 2.72. The van der Waals surface area contributed by atoms with Crippen molar-refractivity contribution < 1.29 is 22.8 Å². The third-order valence-corrected chi connectivity index (χ3v) is 10.5. The summed E-state index contributed by atoms with van der Waals surface area (Å²) >= 11 is 26.3. The number of ether oxygens (including phenoxy) is 2. The smallest absolute Gasteiger partial charge is 0.339 e. The van der Waals surface area contributed by atoms with Crippen molar-refractivity contribution in [2.45, 2.75) is 38.0 Å². The van der Waals surface area contributed by atoms with Crippen LogP contribution >= 0.6 is 62.1 Å². The molecule has 11 nitrogen and oxygen atoms in total. The Balaban J connectivity index is 0.000000184. The van der Waals surface area contributed by atoms with Crippen LogP contribution in [0.3, 0.4) is 0 Å². The molecule has 0 spiro atoms. The second-order valence-corrected chi connectivity index (χ2v) is 21.2. The first-order valence-corrected chi connectivity index (χ1v) is 23.8. The van der Waals surface area contributed by atoms with Gasteiger partial charge in [0.05, 0.1) is 32.0 Å². The highest BCUT2D eigenvalue weighted by atomic mass is 36.0. The van der Waals surface area contributed by atoms with Gasteiger partial charge in [0.15, 0.2) is 0 Å². The molecule has 2 aromatic heterocycles. The number of H-pyrrole nitrogens is 2. The van der Waals surface area contributed by atoms with Crippen LogP contribution in [-0.2, 0) is 30.5 Å². The van der Waals surface area contributed by atoms with Crippen LogP contribution in [0.25, 0.3) is 0 Å². The Kier molecular flexibility index (Phi) is 15.7. The lowest BCUT2D eigenvalue weighted by Gasteiger charge is -2.37. The average molecular weight is 953 g/mol. The second kappa shape index (κ2) is 20.7. The molecule has 0 saturated carbocycles. The van der Waals surface area contributed by atoms with E-state index in [0.717, 1.165) is 58.0 Å². The third kappa shape index (κ3) is 12.4. The topological polar surface area (TPSA) is 134 Å². The molecule has 19 heteroatoms. The van der Waals surface area contributed by atoms with Crippen molar-refractivity contribution in [3.05, 3.63) is 185 Å². The normalized spacial score (nSPS) is 16.2. The molecule has 0 aliphatic carbocycles. The van der Waals surface area contributed by atoms with Crippen LogP contribution in [0.15, 0.2) is 107 Å². The Morgan fingerprint density at radius 2 is 1.11 bits per heavy atom. The molecule has 2 unspecified atom stereocenters. The van der Waals surface area contributed by atoms with Crippen molar-refractivity contribution in [1.29, 1.82) is 0 Å². The van der Waals surface area contributed by atoms with Crippen LogP contribution < -0.4 is 20.7 Å². The molecule has 0 saturated heterocycles. The highest BCUT2D eigenvalue weighted by Crippen LogP contribution is 2.61. The molecule has 4 heterocycles. The minimum absolute atomic E-state index is 0.113. The fraction of sp³-hybridized carbons (Fsp3) is 0.238. The number of methoxy groups -OCH3 is 2. The van der Waals surface area contributed by atoms with E-state index in [1.165, 1.54) is 24.3 Å². The number of nitrogens with one attached hydrogen (secondary N) is 2. The minimum Gasteiger partial charge on any atom is -0.497 e. The number of aromatic amines is 2. The van der Waals surface area contributed by atoms with Gasteiger partial charge in [0.1, 0.15) is 28.3 Å². The summed E-state index contributed by atoms with van der Waals surface area (Å²) in [4.78, 5) is 42.3. The fourth-order valence-corrected chi connectivity index (χ4v) is 7.84. The summed E-state index contributed by atoms with van der Waals surface area (Å²) in [5.41, 5.74) is 5.87. The lowest BCUT2D eigenvalue weighted by atomic mass is 9.92. The summed E-state index contributed by atoms with van der Waals surface area (Å²) in [6, 6.07) is 27.8. The number of hydrogen-bond acceptors (Lipinski definition) is 9. The lowest BCUT2D eigenvalue weighted by molar-refractivity contribution is 0.198. The van der Waals surface area contributed by atoms with Gasteiger partial charge in [-0.25, -0.2) is 23.5 Å². The maximum Gasteiger partial charge on any atom is 0.339 e. The number of halogens is 7. The first-order chi connectivity index (χ1) is 29.1. The molecule has 0 fully saturated rings. The van der Waals surface area contributed by atoms with Gasteiger partial charge < -0.3 is 14.5 Å². The number of nitrogens with zero attached hydrogens (tertiary/aromatic N) is 4. The molecule has 320 valence electrons. The monoisotopic (exact) mass is 950 g/mol. The van der Waals surface area contributed by atoms with Gasteiger partial charge in [-0.15, -0.1) is 0 Å². The molecule has 6 aromatic rings. The first-order valence-electron chi connectivity index (χ1n) is 18.6. The van der Waals surface area contributed by atoms with Gasteiger partial charge in [-0.2, -0.15) is 0 Å². The summed E-state index contributed by atoms with van der Waals surface area (Å²) in [6.07, 6.45) is 1.24. The fourth-order valence-electron chi connectivity index (χ4n) is 7.35. The largest absolute Gasteiger partial charge is 0.497 e. The number of fused-ring (bicyclic) bond motifs is 2. The first kappa shape index (κ1) is 46.2. The molecule has 2 aliphatic heterocycles. The zero-order valence-corrected chi connectivity index (χ0v) is 37.2. The van der Waals surface area contributed by atoms with E-state index < -0.39 is 10.9 Å². The van der Waals surface area contributed by atoms with Crippen molar-refractivity contribution in [3.8, 4) is 11.5 Å². The molecule has 0 radical (unpaired) electrons. The number of rotatable bonds is 8.